The molecule has 2 aromatic carbocycles. The molecular weight excluding hydrogens is 380 g/mol. The summed E-state index contributed by atoms with van der Waals surface area (Å²) in [4.78, 5) is 12.0. The van der Waals surface area contributed by atoms with E-state index in [1.807, 2.05) is 66.9 Å². The number of nitrogens with zero attached hydrogens (tertiary/aromatic N) is 2. The molecule has 0 saturated carbocycles. The minimum absolute atomic E-state index is 0.334. The zero-order valence-corrected chi connectivity index (χ0v) is 15.3. The Labute approximate surface area is 154 Å². The molecule has 126 valence electrons. The van der Waals surface area contributed by atoms with Crippen LogP contribution >= 0.6 is 15.9 Å². The molecule has 0 atom stereocenters. The second kappa shape index (κ2) is 7.94. The first-order chi connectivity index (χ1) is 12.2. The molecule has 0 amide bonds. The maximum absolute atomic E-state index is 12.0. The van der Waals surface area contributed by atoms with Gasteiger partial charge >= 0.3 is 5.97 Å². The van der Waals surface area contributed by atoms with Crippen LogP contribution in [-0.4, -0.2) is 22.4 Å². The Kier molecular flexibility index (Phi) is 5.46. The fraction of sp³-hybridized carbons (Fsp3) is 0.100. The summed E-state index contributed by atoms with van der Waals surface area (Å²) in [5.41, 5.74) is 3.40. The molecule has 0 N–H and O–H groups in total. The maximum atomic E-state index is 12.0. The molecule has 25 heavy (non-hydrogen) atoms. The number of rotatable bonds is 5. The first-order valence-electron chi connectivity index (χ1n) is 7.93. The molecule has 3 aromatic rings. The molecule has 0 fully saturated rings. The lowest BCUT2D eigenvalue weighted by atomic mass is 10.1. The lowest BCUT2D eigenvalue weighted by molar-refractivity contribution is -0.137. The third-order valence-corrected chi connectivity index (χ3v) is 4.12. The van der Waals surface area contributed by atoms with Crippen molar-refractivity contribution in [1.29, 1.82) is 0 Å². The Hall–Kier alpha value is -2.66. The fourth-order valence-electron chi connectivity index (χ4n) is 2.42. The zero-order chi connectivity index (χ0) is 17.6. The molecule has 1 heterocycles. The van der Waals surface area contributed by atoms with Crippen LogP contribution in [0.3, 0.4) is 0 Å². The summed E-state index contributed by atoms with van der Waals surface area (Å²) in [7, 11) is 0. The molecular formula is C20H17BrN2O2. The molecule has 0 unspecified atom stereocenters. The standard InChI is InChI=1S/C20H17BrN2O2/c1-2-25-20(24)14-19(16-6-4-3-5-7-16)23-13-12-18(22-23)15-8-10-17(21)11-9-15/h3-14H,2H2,1H3/b19-14-. The summed E-state index contributed by atoms with van der Waals surface area (Å²) >= 11 is 3.43. The van der Waals surface area contributed by atoms with Crippen molar-refractivity contribution in [3.05, 3.63) is 83.0 Å². The van der Waals surface area contributed by atoms with Crippen molar-refractivity contribution in [2.75, 3.05) is 6.61 Å². The first-order valence-corrected chi connectivity index (χ1v) is 8.72. The molecule has 3 rings (SSSR count). The summed E-state index contributed by atoms with van der Waals surface area (Å²) in [6.07, 6.45) is 3.31. The lowest BCUT2D eigenvalue weighted by Gasteiger charge is -2.08. The van der Waals surface area contributed by atoms with Gasteiger partial charge in [0.2, 0.25) is 0 Å². The molecule has 0 aliphatic rings. The molecule has 0 saturated heterocycles. The minimum Gasteiger partial charge on any atom is -0.463 e. The first kappa shape index (κ1) is 17.2. The average molecular weight is 397 g/mol. The molecule has 0 aliphatic carbocycles. The van der Waals surface area contributed by atoms with Gasteiger partial charge in [-0.05, 0) is 25.1 Å². The van der Waals surface area contributed by atoms with Crippen molar-refractivity contribution in [1.82, 2.24) is 9.78 Å². The number of esters is 1. The van der Waals surface area contributed by atoms with Crippen LogP contribution < -0.4 is 0 Å². The Morgan fingerprint density at radius 1 is 1.12 bits per heavy atom. The van der Waals surface area contributed by atoms with E-state index in [1.165, 1.54) is 6.08 Å². The van der Waals surface area contributed by atoms with Crippen molar-refractivity contribution >= 4 is 27.6 Å². The highest BCUT2D eigenvalue weighted by Gasteiger charge is 2.11. The summed E-state index contributed by atoms with van der Waals surface area (Å²) in [5.74, 6) is -0.387. The molecule has 5 heteroatoms. The van der Waals surface area contributed by atoms with Crippen LogP contribution in [0.2, 0.25) is 0 Å². The lowest BCUT2D eigenvalue weighted by Crippen LogP contribution is -2.06. The van der Waals surface area contributed by atoms with Gasteiger partial charge in [-0.25, -0.2) is 9.48 Å². The van der Waals surface area contributed by atoms with Gasteiger partial charge < -0.3 is 4.74 Å². The van der Waals surface area contributed by atoms with E-state index in [2.05, 4.69) is 21.0 Å². The van der Waals surface area contributed by atoms with Crippen LogP contribution in [0.1, 0.15) is 12.5 Å². The fourth-order valence-corrected chi connectivity index (χ4v) is 2.68. The number of ether oxygens (including phenoxy) is 1. The molecule has 0 bridgehead atoms. The van der Waals surface area contributed by atoms with Crippen LogP contribution in [0.25, 0.3) is 17.0 Å². The van der Waals surface area contributed by atoms with E-state index >= 15 is 0 Å². The highest BCUT2D eigenvalue weighted by molar-refractivity contribution is 9.10. The third-order valence-electron chi connectivity index (χ3n) is 3.59. The van der Waals surface area contributed by atoms with E-state index in [0.29, 0.717) is 12.3 Å². The monoisotopic (exact) mass is 396 g/mol. The Bertz CT molecular complexity index is 884. The van der Waals surface area contributed by atoms with Gasteiger partial charge in [0.15, 0.2) is 0 Å². The number of hydrogen-bond acceptors (Lipinski definition) is 3. The SMILES string of the molecule is CCOC(=O)/C=C(/c1ccccc1)n1ccc(-c2ccc(Br)cc2)n1. The summed E-state index contributed by atoms with van der Waals surface area (Å²) in [6, 6.07) is 19.5. The van der Waals surface area contributed by atoms with E-state index in [-0.39, 0.29) is 5.97 Å². The van der Waals surface area contributed by atoms with Crippen molar-refractivity contribution in [3.8, 4) is 11.3 Å². The van der Waals surface area contributed by atoms with Crippen LogP contribution in [0, 0.1) is 0 Å². The average Bonchev–Trinajstić information content (AvgIpc) is 3.11. The summed E-state index contributed by atoms with van der Waals surface area (Å²) < 4.78 is 7.77. The predicted octanol–water partition coefficient (Wildman–Crippen LogP) is 4.76. The topological polar surface area (TPSA) is 44.1 Å². The molecule has 4 nitrogen and oxygen atoms in total. The minimum atomic E-state index is -0.387. The second-order valence-corrected chi connectivity index (χ2v) is 6.22. The number of carbonyl (C=O) groups excluding carboxylic acids is 1. The summed E-state index contributed by atoms with van der Waals surface area (Å²) in [5, 5.41) is 4.63. The van der Waals surface area contributed by atoms with Gasteiger partial charge in [0.05, 0.1) is 18.0 Å². The summed E-state index contributed by atoms with van der Waals surface area (Å²) in [6.45, 7) is 2.12. The molecule has 0 aliphatic heterocycles. The van der Waals surface area contributed by atoms with Gasteiger partial charge in [-0.2, -0.15) is 5.10 Å². The van der Waals surface area contributed by atoms with Crippen LogP contribution in [0.5, 0.6) is 0 Å². The Balaban J connectivity index is 1.99. The van der Waals surface area contributed by atoms with Crippen LogP contribution in [0.4, 0.5) is 0 Å². The van der Waals surface area contributed by atoms with Crippen LogP contribution in [-0.2, 0) is 9.53 Å². The van der Waals surface area contributed by atoms with Gasteiger partial charge in [-0.3, -0.25) is 0 Å². The number of halogens is 1. The molecule has 0 radical (unpaired) electrons. The number of carbonyl (C=O) groups is 1. The quantitative estimate of drug-likeness (QED) is 0.461. The Morgan fingerprint density at radius 2 is 1.84 bits per heavy atom. The number of benzene rings is 2. The number of aromatic nitrogens is 2. The third kappa shape index (κ3) is 4.25. The zero-order valence-electron chi connectivity index (χ0n) is 13.7. The number of hydrogen-bond donors (Lipinski definition) is 0. The van der Waals surface area contributed by atoms with Gasteiger partial charge in [0.1, 0.15) is 0 Å². The van der Waals surface area contributed by atoms with Crippen molar-refractivity contribution in [2.45, 2.75) is 6.92 Å². The van der Waals surface area contributed by atoms with Gasteiger partial charge in [-0.1, -0.05) is 58.4 Å². The largest absolute Gasteiger partial charge is 0.463 e. The van der Waals surface area contributed by atoms with Crippen molar-refractivity contribution < 1.29 is 9.53 Å². The smallest absolute Gasteiger partial charge is 0.332 e. The van der Waals surface area contributed by atoms with E-state index in [4.69, 9.17) is 4.74 Å². The van der Waals surface area contributed by atoms with E-state index in [9.17, 15) is 4.79 Å². The van der Waals surface area contributed by atoms with Crippen molar-refractivity contribution in [3.63, 3.8) is 0 Å². The second-order valence-electron chi connectivity index (χ2n) is 5.30. The van der Waals surface area contributed by atoms with E-state index in [1.54, 1.807) is 11.6 Å². The highest BCUT2D eigenvalue weighted by atomic mass is 79.9. The predicted molar refractivity (Wildman–Crippen MR) is 102 cm³/mol. The molecule has 1 aromatic heterocycles. The van der Waals surface area contributed by atoms with Gasteiger partial charge in [0.25, 0.3) is 0 Å². The Morgan fingerprint density at radius 3 is 2.52 bits per heavy atom. The van der Waals surface area contributed by atoms with Gasteiger partial charge in [0, 0.05) is 27.9 Å². The maximum Gasteiger partial charge on any atom is 0.332 e. The van der Waals surface area contributed by atoms with Crippen molar-refractivity contribution in [2.24, 2.45) is 0 Å². The van der Waals surface area contributed by atoms with Crippen LogP contribution in [0.15, 0.2) is 77.4 Å². The highest BCUT2D eigenvalue weighted by Crippen LogP contribution is 2.23. The van der Waals surface area contributed by atoms with E-state index in [0.717, 1.165) is 21.3 Å². The normalized spacial score (nSPS) is 11.4. The molecule has 0 spiro atoms. The van der Waals surface area contributed by atoms with E-state index < -0.39 is 0 Å². The van der Waals surface area contributed by atoms with Gasteiger partial charge in [-0.15, -0.1) is 0 Å².